The van der Waals surface area contributed by atoms with Crippen molar-refractivity contribution in [1.29, 1.82) is 0 Å². The molecule has 0 spiro atoms. The molecule has 0 aliphatic heterocycles. The lowest BCUT2D eigenvalue weighted by Crippen LogP contribution is -2.27. The summed E-state index contributed by atoms with van der Waals surface area (Å²) >= 11 is 0. The number of anilines is 1. The van der Waals surface area contributed by atoms with Crippen molar-refractivity contribution in [1.82, 2.24) is 0 Å². The SMILES string of the molecule is CC(OCC(=O)Nc1c(F)cccc1F)C(=O)O. The maximum Gasteiger partial charge on any atom is 0.332 e. The minimum absolute atomic E-state index is 0.589. The van der Waals surface area contributed by atoms with Gasteiger partial charge in [-0.05, 0) is 19.1 Å². The fourth-order valence-electron chi connectivity index (χ4n) is 1.06. The number of carboxylic acids is 1. The number of amides is 1. The van der Waals surface area contributed by atoms with E-state index in [1.54, 1.807) is 0 Å². The molecule has 0 fully saturated rings. The molecular weight excluding hydrogens is 248 g/mol. The molecule has 0 bridgehead atoms. The molecule has 1 amide bonds. The Balaban J connectivity index is 2.58. The second-order valence-electron chi connectivity index (χ2n) is 3.44. The lowest BCUT2D eigenvalue weighted by atomic mass is 10.3. The highest BCUT2D eigenvalue weighted by Gasteiger charge is 2.15. The minimum atomic E-state index is -1.24. The smallest absolute Gasteiger partial charge is 0.332 e. The molecule has 18 heavy (non-hydrogen) atoms. The van der Waals surface area contributed by atoms with Gasteiger partial charge < -0.3 is 15.2 Å². The first-order valence-corrected chi connectivity index (χ1v) is 5.00. The highest BCUT2D eigenvalue weighted by molar-refractivity contribution is 5.92. The van der Waals surface area contributed by atoms with E-state index in [4.69, 9.17) is 5.11 Å². The predicted octanol–water partition coefficient (Wildman–Crippen LogP) is 1.39. The summed E-state index contributed by atoms with van der Waals surface area (Å²) in [5.41, 5.74) is -0.589. The second kappa shape index (κ2) is 6.06. The van der Waals surface area contributed by atoms with E-state index >= 15 is 0 Å². The van der Waals surface area contributed by atoms with Crippen LogP contribution < -0.4 is 5.32 Å². The van der Waals surface area contributed by atoms with Crippen molar-refractivity contribution in [2.75, 3.05) is 11.9 Å². The van der Waals surface area contributed by atoms with Gasteiger partial charge in [0.15, 0.2) is 6.10 Å². The number of halogens is 2. The second-order valence-corrected chi connectivity index (χ2v) is 3.44. The fraction of sp³-hybridized carbons (Fsp3) is 0.273. The zero-order valence-electron chi connectivity index (χ0n) is 9.44. The molecule has 0 aliphatic carbocycles. The normalized spacial score (nSPS) is 11.9. The van der Waals surface area contributed by atoms with Gasteiger partial charge in [0.2, 0.25) is 0 Å². The zero-order valence-corrected chi connectivity index (χ0v) is 9.44. The van der Waals surface area contributed by atoms with Crippen molar-refractivity contribution in [2.45, 2.75) is 13.0 Å². The van der Waals surface area contributed by atoms with Crippen LogP contribution in [0.4, 0.5) is 14.5 Å². The Bertz CT molecular complexity index is 444. The molecule has 2 N–H and O–H groups in total. The third-order valence-corrected chi connectivity index (χ3v) is 2.04. The zero-order chi connectivity index (χ0) is 13.7. The van der Waals surface area contributed by atoms with Crippen molar-refractivity contribution < 1.29 is 28.2 Å². The number of aliphatic carboxylic acids is 1. The maximum atomic E-state index is 13.1. The Morgan fingerprint density at radius 2 is 1.94 bits per heavy atom. The van der Waals surface area contributed by atoms with Gasteiger partial charge in [0.25, 0.3) is 5.91 Å². The average molecular weight is 259 g/mol. The van der Waals surface area contributed by atoms with Gasteiger partial charge in [0.1, 0.15) is 23.9 Å². The number of carbonyl (C=O) groups excluding carboxylic acids is 1. The van der Waals surface area contributed by atoms with Crippen LogP contribution in [-0.2, 0) is 14.3 Å². The van der Waals surface area contributed by atoms with E-state index in [0.29, 0.717) is 0 Å². The van der Waals surface area contributed by atoms with E-state index in [9.17, 15) is 18.4 Å². The molecule has 0 radical (unpaired) electrons. The largest absolute Gasteiger partial charge is 0.479 e. The van der Waals surface area contributed by atoms with Crippen molar-refractivity contribution in [3.63, 3.8) is 0 Å². The molecule has 0 aromatic heterocycles. The molecule has 1 aromatic carbocycles. The summed E-state index contributed by atoms with van der Waals surface area (Å²) in [6, 6.07) is 3.13. The van der Waals surface area contributed by atoms with Gasteiger partial charge in [-0.1, -0.05) is 6.07 Å². The molecule has 5 nitrogen and oxygen atoms in total. The van der Waals surface area contributed by atoms with Crippen LogP contribution in [0.25, 0.3) is 0 Å². The highest BCUT2D eigenvalue weighted by atomic mass is 19.1. The predicted molar refractivity (Wildman–Crippen MR) is 58.0 cm³/mol. The summed E-state index contributed by atoms with van der Waals surface area (Å²) in [4.78, 5) is 21.7. The van der Waals surface area contributed by atoms with Gasteiger partial charge in [-0.3, -0.25) is 4.79 Å². The molecule has 1 rings (SSSR count). The Morgan fingerprint density at radius 1 is 1.39 bits per heavy atom. The monoisotopic (exact) mass is 259 g/mol. The molecule has 0 saturated heterocycles. The lowest BCUT2D eigenvalue weighted by molar-refractivity contribution is -0.150. The van der Waals surface area contributed by atoms with Crippen molar-refractivity contribution >= 4 is 17.6 Å². The summed E-state index contributed by atoms with van der Waals surface area (Å²) < 4.78 is 31.0. The third kappa shape index (κ3) is 3.77. The standard InChI is InChI=1S/C11H11F2NO4/c1-6(11(16)17)18-5-9(15)14-10-7(12)3-2-4-8(10)13/h2-4,6H,5H2,1H3,(H,14,15)(H,16,17). The molecular formula is C11H11F2NO4. The van der Waals surface area contributed by atoms with Gasteiger partial charge in [-0.15, -0.1) is 0 Å². The van der Waals surface area contributed by atoms with Gasteiger partial charge in [0.05, 0.1) is 0 Å². The number of nitrogens with one attached hydrogen (secondary N) is 1. The number of hydrogen-bond donors (Lipinski definition) is 2. The molecule has 1 unspecified atom stereocenters. The van der Waals surface area contributed by atoms with E-state index < -0.39 is 41.9 Å². The fourth-order valence-corrected chi connectivity index (χ4v) is 1.06. The molecule has 7 heteroatoms. The molecule has 1 atom stereocenters. The van der Waals surface area contributed by atoms with E-state index in [1.807, 2.05) is 5.32 Å². The maximum absolute atomic E-state index is 13.1. The highest BCUT2D eigenvalue weighted by Crippen LogP contribution is 2.17. The summed E-state index contributed by atoms with van der Waals surface area (Å²) in [6.07, 6.45) is -1.18. The summed E-state index contributed by atoms with van der Waals surface area (Å²) in [6.45, 7) is 0.626. The number of rotatable bonds is 5. The number of hydrogen-bond acceptors (Lipinski definition) is 3. The van der Waals surface area contributed by atoms with Crippen LogP contribution in [-0.4, -0.2) is 29.7 Å². The van der Waals surface area contributed by atoms with E-state index in [-0.39, 0.29) is 0 Å². The van der Waals surface area contributed by atoms with Gasteiger partial charge >= 0.3 is 5.97 Å². The number of para-hydroxylation sites is 1. The summed E-state index contributed by atoms with van der Waals surface area (Å²) in [7, 11) is 0. The summed E-state index contributed by atoms with van der Waals surface area (Å²) in [5.74, 6) is -3.92. The number of carbonyl (C=O) groups is 2. The molecule has 0 saturated carbocycles. The molecule has 0 aliphatic rings. The van der Waals surface area contributed by atoms with E-state index in [2.05, 4.69) is 4.74 Å². The van der Waals surface area contributed by atoms with Crippen LogP contribution in [0.15, 0.2) is 18.2 Å². The van der Waals surface area contributed by atoms with E-state index in [0.717, 1.165) is 18.2 Å². The lowest BCUT2D eigenvalue weighted by Gasteiger charge is -2.10. The van der Waals surface area contributed by atoms with Crippen LogP contribution in [0.5, 0.6) is 0 Å². The summed E-state index contributed by atoms with van der Waals surface area (Å²) in [5, 5.41) is 10.5. The van der Waals surface area contributed by atoms with Gasteiger partial charge in [0, 0.05) is 0 Å². The molecule has 0 heterocycles. The third-order valence-electron chi connectivity index (χ3n) is 2.04. The van der Waals surface area contributed by atoms with Crippen molar-refractivity contribution in [2.24, 2.45) is 0 Å². The van der Waals surface area contributed by atoms with Crippen molar-refractivity contribution in [3.05, 3.63) is 29.8 Å². The average Bonchev–Trinajstić information content (AvgIpc) is 2.30. The Kier molecular flexibility index (Phi) is 4.73. The Hall–Kier alpha value is -2.02. The van der Waals surface area contributed by atoms with Gasteiger partial charge in [-0.2, -0.15) is 0 Å². The van der Waals surface area contributed by atoms with Crippen LogP contribution >= 0.6 is 0 Å². The molecule has 98 valence electrons. The van der Waals surface area contributed by atoms with E-state index in [1.165, 1.54) is 6.92 Å². The quantitative estimate of drug-likeness (QED) is 0.837. The molecule has 1 aromatic rings. The Morgan fingerprint density at radius 3 is 2.44 bits per heavy atom. The Labute approximate surface area is 101 Å². The van der Waals surface area contributed by atoms with Gasteiger partial charge in [-0.25, -0.2) is 13.6 Å². The van der Waals surface area contributed by atoms with Crippen LogP contribution in [0.3, 0.4) is 0 Å². The van der Waals surface area contributed by atoms with Crippen molar-refractivity contribution in [3.8, 4) is 0 Å². The topological polar surface area (TPSA) is 75.6 Å². The minimum Gasteiger partial charge on any atom is -0.479 e. The van der Waals surface area contributed by atoms with Crippen LogP contribution in [0.1, 0.15) is 6.92 Å². The first kappa shape index (κ1) is 14.0. The van der Waals surface area contributed by atoms with Crippen LogP contribution in [0, 0.1) is 11.6 Å². The first-order chi connectivity index (χ1) is 8.41. The number of benzene rings is 1. The number of carboxylic acid groups (broad SMARTS) is 1. The first-order valence-electron chi connectivity index (χ1n) is 5.00. The number of ether oxygens (including phenoxy) is 1. The van der Waals surface area contributed by atoms with Crippen LogP contribution in [0.2, 0.25) is 0 Å².